The van der Waals surface area contributed by atoms with Crippen LogP contribution in [0.4, 0.5) is 0 Å². The number of ether oxygens (including phenoxy) is 3. The van der Waals surface area contributed by atoms with E-state index < -0.39 is 5.38 Å². The number of halogens is 2. The number of rotatable bonds is 3. The van der Waals surface area contributed by atoms with Gasteiger partial charge in [0.15, 0.2) is 17.6 Å². The van der Waals surface area contributed by atoms with Gasteiger partial charge in [-0.15, -0.1) is 11.6 Å². The Bertz CT molecular complexity index is 645. The van der Waals surface area contributed by atoms with Gasteiger partial charge in [-0.1, -0.05) is 23.7 Å². The minimum Gasteiger partial charge on any atom is -0.496 e. The van der Waals surface area contributed by atoms with Crippen molar-refractivity contribution in [1.82, 2.24) is 0 Å². The second-order valence-electron chi connectivity index (χ2n) is 4.70. The van der Waals surface area contributed by atoms with Crippen LogP contribution in [0.15, 0.2) is 42.5 Å². The fourth-order valence-electron chi connectivity index (χ4n) is 2.30. The van der Waals surface area contributed by atoms with E-state index in [2.05, 4.69) is 0 Å². The van der Waals surface area contributed by atoms with Gasteiger partial charge in [0.1, 0.15) is 17.7 Å². The Balaban J connectivity index is 1.87. The van der Waals surface area contributed by atoms with Crippen molar-refractivity contribution in [2.24, 2.45) is 0 Å². The SMILES string of the molecule is COc1ccc(Cl)cc1C(Cl)C1COc2ccccc2O1. The van der Waals surface area contributed by atoms with Crippen LogP contribution in [0.25, 0.3) is 0 Å². The maximum atomic E-state index is 6.56. The predicted octanol–water partition coefficient (Wildman–Crippen LogP) is 4.47. The third-order valence-corrected chi connectivity index (χ3v) is 4.10. The summed E-state index contributed by atoms with van der Waals surface area (Å²) >= 11 is 12.6. The van der Waals surface area contributed by atoms with Crippen molar-refractivity contribution >= 4 is 23.2 Å². The third kappa shape index (κ3) is 2.89. The summed E-state index contributed by atoms with van der Waals surface area (Å²) in [4.78, 5) is 0. The highest BCUT2D eigenvalue weighted by molar-refractivity contribution is 6.31. The van der Waals surface area contributed by atoms with Gasteiger partial charge in [0.25, 0.3) is 0 Å². The Morgan fingerprint density at radius 2 is 1.95 bits per heavy atom. The lowest BCUT2D eigenvalue weighted by Crippen LogP contribution is -2.32. The van der Waals surface area contributed by atoms with Gasteiger partial charge in [-0.3, -0.25) is 0 Å². The Morgan fingerprint density at radius 1 is 1.19 bits per heavy atom. The van der Waals surface area contributed by atoms with E-state index in [-0.39, 0.29) is 6.10 Å². The molecule has 0 radical (unpaired) electrons. The number of alkyl halides is 1. The first-order valence-corrected chi connectivity index (χ1v) is 7.36. The zero-order valence-corrected chi connectivity index (χ0v) is 12.9. The predicted molar refractivity (Wildman–Crippen MR) is 83.0 cm³/mol. The number of benzene rings is 2. The monoisotopic (exact) mass is 324 g/mol. The first-order chi connectivity index (χ1) is 10.2. The van der Waals surface area contributed by atoms with Gasteiger partial charge in [0.2, 0.25) is 0 Å². The summed E-state index contributed by atoms with van der Waals surface area (Å²) in [6, 6.07) is 12.9. The van der Waals surface area contributed by atoms with Crippen LogP contribution in [0.2, 0.25) is 5.02 Å². The lowest BCUT2D eigenvalue weighted by atomic mass is 10.1. The zero-order valence-electron chi connectivity index (χ0n) is 11.4. The molecule has 110 valence electrons. The lowest BCUT2D eigenvalue weighted by Gasteiger charge is -2.30. The van der Waals surface area contributed by atoms with Crippen molar-refractivity contribution in [3.8, 4) is 17.2 Å². The molecule has 2 atom stereocenters. The molecule has 0 amide bonds. The van der Waals surface area contributed by atoms with Crippen molar-refractivity contribution in [2.45, 2.75) is 11.5 Å². The highest BCUT2D eigenvalue weighted by atomic mass is 35.5. The minimum atomic E-state index is -0.424. The van der Waals surface area contributed by atoms with E-state index in [0.717, 1.165) is 11.3 Å². The van der Waals surface area contributed by atoms with E-state index in [1.165, 1.54) is 0 Å². The van der Waals surface area contributed by atoms with Crippen LogP contribution in [0.1, 0.15) is 10.9 Å². The second-order valence-corrected chi connectivity index (χ2v) is 5.61. The van der Waals surface area contributed by atoms with Crippen molar-refractivity contribution in [1.29, 1.82) is 0 Å². The molecule has 2 unspecified atom stereocenters. The van der Waals surface area contributed by atoms with E-state index in [9.17, 15) is 0 Å². The van der Waals surface area contributed by atoms with Gasteiger partial charge in [-0.05, 0) is 30.3 Å². The Kier molecular flexibility index (Phi) is 4.13. The molecule has 3 nitrogen and oxygen atoms in total. The molecule has 0 N–H and O–H groups in total. The molecule has 0 bridgehead atoms. The van der Waals surface area contributed by atoms with Crippen molar-refractivity contribution in [2.75, 3.05) is 13.7 Å². The van der Waals surface area contributed by atoms with Gasteiger partial charge in [0.05, 0.1) is 7.11 Å². The standard InChI is InChI=1S/C16H14Cl2O3/c1-19-12-7-6-10(17)8-11(12)16(18)15-9-20-13-4-2-3-5-14(13)21-15/h2-8,15-16H,9H2,1H3. The quantitative estimate of drug-likeness (QED) is 0.780. The molecule has 1 aliphatic rings. The average molecular weight is 325 g/mol. The Morgan fingerprint density at radius 3 is 2.71 bits per heavy atom. The fraction of sp³-hybridized carbons (Fsp3) is 0.250. The van der Waals surface area contributed by atoms with Gasteiger partial charge in [0, 0.05) is 10.6 Å². The molecule has 2 aromatic rings. The highest BCUT2D eigenvalue weighted by Crippen LogP contribution is 2.39. The fourth-order valence-corrected chi connectivity index (χ4v) is 2.78. The molecule has 1 aliphatic heterocycles. The van der Waals surface area contributed by atoms with Crippen LogP contribution >= 0.6 is 23.2 Å². The maximum Gasteiger partial charge on any atom is 0.161 e. The summed E-state index contributed by atoms with van der Waals surface area (Å²) in [7, 11) is 1.60. The first kappa shape index (κ1) is 14.4. The third-order valence-electron chi connectivity index (χ3n) is 3.35. The summed E-state index contributed by atoms with van der Waals surface area (Å²) in [6.45, 7) is 0.376. The smallest absolute Gasteiger partial charge is 0.161 e. The van der Waals surface area contributed by atoms with E-state index in [1.807, 2.05) is 24.3 Å². The largest absolute Gasteiger partial charge is 0.496 e. The van der Waals surface area contributed by atoms with Crippen LogP contribution in [0, 0.1) is 0 Å². The zero-order chi connectivity index (χ0) is 14.8. The average Bonchev–Trinajstić information content (AvgIpc) is 2.53. The molecular weight excluding hydrogens is 311 g/mol. The van der Waals surface area contributed by atoms with Gasteiger partial charge in [-0.2, -0.15) is 0 Å². The van der Waals surface area contributed by atoms with E-state index in [1.54, 1.807) is 25.3 Å². The molecule has 5 heteroatoms. The van der Waals surface area contributed by atoms with Crippen LogP contribution in [0.5, 0.6) is 17.2 Å². The second kappa shape index (κ2) is 6.04. The van der Waals surface area contributed by atoms with Crippen molar-refractivity contribution < 1.29 is 14.2 Å². The van der Waals surface area contributed by atoms with Crippen LogP contribution in [-0.4, -0.2) is 19.8 Å². The normalized spacial score (nSPS) is 18.1. The molecule has 0 fully saturated rings. The highest BCUT2D eigenvalue weighted by Gasteiger charge is 2.30. The van der Waals surface area contributed by atoms with E-state index in [0.29, 0.717) is 23.1 Å². The number of hydrogen-bond donors (Lipinski definition) is 0. The van der Waals surface area contributed by atoms with Gasteiger partial charge < -0.3 is 14.2 Å². The number of hydrogen-bond acceptors (Lipinski definition) is 3. The van der Waals surface area contributed by atoms with E-state index >= 15 is 0 Å². The minimum absolute atomic E-state index is 0.311. The molecule has 0 saturated heterocycles. The summed E-state index contributed by atoms with van der Waals surface area (Å²) < 4.78 is 17.0. The van der Waals surface area contributed by atoms with Crippen molar-refractivity contribution in [3.63, 3.8) is 0 Å². The number of para-hydroxylation sites is 2. The molecular formula is C16H14Cl2O3. The first-order valence-electron chi connectivity index (χ1n) is 6.55. The molecule has 0 saturated carbocycles. The maximum absolute atomic E-state index is 6.56. The van der Waals surface area contributed by atoms with Gasteiger partial charge in [-0.25, -0.2) is 0 Å². The van der Waals surface area contributed by atoms with Crippen LogP contribution in [-0.2, 0) is 0 Å². The molecule has 21 heavy (non-hydrogen) atoms. The van der Waals surface area contributed by atoms with Crippen LogP contribution in [0.3, 0.4) is 0 Å². The van der Waals surface area contributed by atoms with Crippen molar-refractivity contribution in [3.05, 3.63) is 53.1 Å². The Hall–Kier alpha value is -1.58. The Labute approximate surface area is 133 Å². The molecule has 1 heterocycles. The summed E-state index contributed by atoms with van der Waals surface area (Å²) in [5, 5.41) is 0.181. The van der Waals surface area contributed by atoms with Crippen LogP contribution < -0.4 is 14.2 Å². The number of fused-ring (bicyclic) bond motifs is 1. The summed E-state index contributed by atoms with van der Waals surface area (Å²) in [5.74, 6) is 2.11. The summed E-state index contributed by atoms with van der Waals surface area (Å²) in [5.41, 5.74) is 0.791. The topological polar surface area (TPSA) is 27.7 Å². The summed E-state index contributed by atoms with van der Waals surface area (Å²) in [6.07, 6.45) is -0.311. The molecule has 0 spiro atoms. The molecule has 0 aliphatic carbocycles. The molecule has 3 rings (SSSR count). The number of methoxy groups -OCH3 is 1. The van der Waals surface area contributed by atoms with E-state index in [4.69, 9.17) is 37.4 Å². The van der Waals surface area contributed by atoms with Gasteiger partial charge >= 0.3 is 0 Å². The molecule has 0 aromatic heterocycles. The lowest BCUT2D eigenvalue weighted by molar-refractivity contribution is 0.0872. The molecule has 2 aromatic carbocycles.